The third-order valence-corrected chi connectivity index (χ3v) is 5.67. The van der Waals surface area contributed by atoms with Gasteiger partial charge in [-0.15, -0.1) is 0 Å². The van der Waals surface area contributed by atoms with E-state index in [0.29, 0.717) is 0 Å². The Kier molecular flexibility index (Phi) is 4.38. The van der Waals surface area contributed by atoms with Crippen molar-refractivity contribution < 1.29 is 4.79 Å². The molecule has 1 N–H and O–H groups in total. The van der Waals surface area contributed by atoms with Crippen molar-refractivity contribution in [3.8, 4) is 0 Å². The van der Waals surface area contributed by atoms with Gasteiger partial charge in [0.15, 0.2) is 0 Å². The first-order valence-electron chi connectivity index (χ1n) is 8.86. The zero-order valence-corrected chi connectivity index (χ0v) is 14.6. The molecule has 5 heteroatoms. The molecule has 0 radical (unpaired) electrons. The van der Waals surface area contributed by atoms with Crippen LogP contribution in [0.25, 0.3) is 0 Å². The van der Waals surface area contributed by atoms with Gasteiger partial charge in [0.2, 0.25) is 0 Å². The van der Waals surface area contributed by atoms with E-state index in [1.54, 1.807) is 0 Å². The van der Waals surface area contributed by atoms with E-state index >= 15 is 0 Å². The number of hydrogen-bond donors (Lipinski definition) is 1. The fraction of sp³-hybridized carbons (Fsp3) is 0.941. The quantitative estimate of drug-likeness (QED) is 0.802. The molecule has 0 aliphatic carbocycles. The number of hydrogen-bond acceptors (Lipinski definition) is 3. The van der Waals surface area contributed by atoms with E-state index in [0.717, 1.165) is 44.3 Å². The van der Waals surface area contributed by atoms with Gasteiger partial charge in [0.05, 0.1) is 0 Å². The first-order valence-corrected chi connectivity index (χ1v) is 8.86. The molecule has 0 spiro atoms. The van der Waals surface area contributed by atoms with Crippen LogP contribution in [0.2, 0.25) is 0 Å². The summed E-state index contributed by atoms with van der Waals surface area (Å²) in [5, 5.41) is 3.07. The Bertz CT molecular complexity index is 397. The summed E-state index contributed by atoms with van der Waals surface area (Å²) in [6, 6.07) is 2.43. The fourth-order valence-corrected chi connectivity index (χ4v) is 4.37. The van der Waals surface area contributed by atoms with Crippen molar-refractivity contribution in [1.29, 1.82) is 0 Å². The summed E-state index contributed by atoms with van der Waals surface area (Å²) in [5.74, 6) is 0. The molecule has 3 aliphatic heterocycles. The van der Waals surface area contributed by atoms with Crippen LogP contribution in [0.1, 0.15) is 46.5 Å². The molecule has 2 amide bonds. The molecule has 3 heterocycles. The average Bonchev–Trinajstić information content (AvgIpc) is 2.67. The van der Waals surface area contributed by atoms with Crippen molar-refractivity contribution in [2.45, 2.75) is 70.1 Å². The largest absolute Gasteiger partial charge is 0.333 e. The highest BCUT2D eigenvalue weighted by atomic mass is 16.2. The standard InChI is InChI=1S/C17H32N4O/c1-17(2,3)18-16(22)21-9-7-20(8-10-21)15-11-13-5-6-14(12-15)19(13)4/h13-15H,5-12H2,1-4H3,(H,18,22). The fourth-order valence-electron chi connectivity index (χ4n) is 4.37. The highest BCUT2D eigenvalue weighted by Gasteiger charge is 2.41. The maximum atomic E-state index is 12.2. The first-order chi connectivity index (χ1) is 10.3. The lowest BCUT2D eigenvalue weighted by molar-refractivity contribution is 0.0470. The molecule has 3 saturated heterocycles. The van der Waals surface area contributed by atoms with E-state index < -0.39 is 0 Å². The minimum atomic E-state index is -0.151. The van der Waals surface area contributed by atoms with Gasteiger partial charge >= 0.3 is 6.03 Å². The van der Waals surface area contributed by atoms with Crippen LogP contribution in [0.15, 0.2) is 0 Å². The van der Waals surface area contributed by atoms with E-state index in [9.17, 15) is 4.79 Å². The zero-order chi connectivity index (χ0) is 15.9. The normalized spacial score (nSPS) is 34.0. The van der Waals surface area contributed by atoms with Crippen LogP contribution < -0.4 is 5.32 Å². The minimum absolute atomic E-state index is 0.0931. The Labute approximate surface area is 135 Å². The number of rotatable bonds is 1. The lowest BCUT2D eigenvalue weighted by Crippen LogP contribution is -2.58. The van der Waals surface area contributed by atoms with Crippen LogP contribution in [0.5, 0.6) is 0 Å². The Morgan fingerprint density at radius 1 is 0.955 bits per heavy atom. The molecule has 0 saturated carbocycles. The third kappa shape index (κ3) is 3.40. The van der Waals surface area contributed by atoms with Gasteiger partial charge in [-0.2, -0.15) is 0 Å². The Hall–Kier alpha value is -0.810. The second-order valence-electron chi connectivity index (χ2n) is 8.38. The van der Waals surface area contributed by atoms with Crippen molar-refractivity contribution in [2.75, 3.05) is 33.2 Å². The van der Waals surface area contributed by atoms with Crippen molar-refractivity contribution >= 4 is 6.03 Å². The molecule has 3 aliphatic rings. The molecule has 5 nitrogen and oxygen atoms in total. The SMILES string of the molecule is CN1C2CCC1CC(N1CCN(C(=O)NC(C)(C)C)CC1)C2. The summed E-state index contributed by atoms with van der Waals surface area (Å²) < 4.78 is 0. The second kappa shape index (κ2) is 6.00. The van der Waals surface area contributed by atoms with Crippen LogP contribution in [0, 0.1) is 0 Å². The summed E-state index contributed by atoms with van der Waals surface area (Å²) in [6.45, 7) is 9.91. The topological polar surface area (TPSA) is 38.8 Å². The third-order valence-electron chi connectivity index (χ3n) is 5.67. The number of nitrogens with one attached hydrogen (secondary N) is 1. The lowest BCUT2D eigenvalue weighted by atomic mass is 9.96. The Morgan fingerprint density at radius 3 is 2.00 bits per heavy atom. The summed E-state index contributed by atoms with van der Waals surface area (Å²) in [5.41, 5.74) is -0.151. The molecule has 2 atom stereocenters. The van der Waals surface area contributed by atoms with Gasteiger partial charge in [-0.25, -0.2) is 4.79 Å². The zero-order valence-electron chi connectivity index (χ0n) is 14.6. The number of amides is 2. The first kappa shape index (κ1) is 16.1. The van der Waals surface area contributed by atoms with Gasteiger partial charge < -0.3 is 15.1 Å². The van der Waals surface area contributed by atoms with E-state index in [-0.39, 0.29) is 11.6 Å². The highest BCUT2D eigenvalue weighted by Crippen LogP contribution is 2.36. The molecular formula is C17H32N4O. The summed E-state index contributed by atoms with van der Waals surface area (Å²) in [7, 11) is 2.30. The van der Waals surface area contributed by atoms with Crippen LogP contribution >= 0.6 is 0 Å². The summed E-state index contributed by atoms with van der Waals surface area (Å²) >= 11 is 0. The maximum Gasteiger partial charge on any atom is 0.317 e. The van der Waals surface area contributed by atoms with Crippen LogP contribution in [-0.2, 0) is 0 Å². The van der Waals surface area contributed by atoms with Gasteiger partial charge in [0.25, 0.3) is 0 Å². The number of carbonyl (C=O) groups is 1. The number of piperazine rings is 1. The van der Waals surface area contributed by atoms with Crippen LogP contribution in [-0.4, -0.2) is 77.6 Å². The molecule has 2 bridgehead atoms. The van der Waals surface area contributed by atoms with Crippen molar-refractivity contribution in [3.63, 3.8) is 0 Å². The molecule has 126 valence electrons. The van der Waals surface area contributed by atoms with E-state index in [2.05, 4.69) is 22.2 Å². The van der Waals surface area contributed by atoms with Gasteiger partial charge in [-0.1, -0.05) is 0 Å². The van der Waals surface area contributed by atoms with Gasteiger partial charge in [-0.05, 0) is 53.5 Å². The summed E-state index contributed by atoms with van der Waals surface area (Å²) in [4.78, 5) is 19.5. The molecular weight excluding hydrogens is 276 g/mol. The smallest absolute Gasteiger partial charge is 0.317 e. The number of carbonyl (C=O) groups excluding carboxylic acids is 1. The highest BCUT2D eigenvalue weighted by molar-refractivity contribution is 5.75. The van der Waals surface area contributed by atoms with Crippen molar-refractivity contribution in [2.24, 2.45) is 0 Å². The van der Waals surface area contributed by atoms with Gasteiger partial charge in [0.1, 0.15) is 0 Å². The summed E-state index contributed by atoms with van der Waals surface area (Å²) in [6.07, 6.45) is 5.40. The molecule has 0 aromatic carbocycles. The van der Waals surface area contributed by atoms with E-state index in [1.165, 1.54) is 25.7 Å². The van der Waals surface area contributed by atoms with Gasteiger partial charge in [0, 0.05) is 49.8 Å². The molecule has 2 unspecified atom stereocenters. The van der Waals surface area contributed by atoms with Crippen molar-refractivity contribution in [1.82, 2.24) is 20.0 Å². The molecule has 3 rings (SSSR count). The second-order valence-corrected chi connectivity index (χ2v) is 8.38. The van der Waals surface area contributed by atoms with Crippen LogP contribution in [0.4, 0.5) is 4.79 Å². The van der Waals surface area contributed by atoms with E-state index in [4.69, 9.17) is 0 Å². The number of fused-ring (bicyclic) bond motifs is 2. The lowest BCUT2D eigenvalue weighted by Gasteiger charge is -2.45. The number of nitrogens with zero attached hydrogens (tertiary/aromatic N) is 3. The Balaban J connectivity index is 1.49. The van der Waals surface area contributed by atoms with Crippen LogP contribution in [0.3, 0.4) is 0 Å². The predicted octanol–water partition coefficient (Wildman–Crippen LogP) is 1.74. The number of urea groups is 1. The Morgan fingerprint density at radius 2 is 1.50 bits per heavy atom. The molecule has 0 aromatic heterocycles. The molecule has 22 heavy (non-hydrogen) atoms. The van der Waals surface area contributed by atoms with Crippen molar-refractivity contribution in [3.05, 3.63) is 0 Å². The van der Waals surface area contributed by atoms with Gasteiger partial charge in [-0.3, -0.25) is 4.90 Å². The molecule has 3 fully saturated rings. The van der Waals surface area contributed by atoms with E-state index in [1.807, 2.05) is 25.7 Å². The average molecular weight is 308 g/mol. The minimum Gasteiger partial charge on any atom is -0.333 e. The maximum absolute atomic E-state index is 12.2. The predicted molar refractivity (Wildman–Crippen MR) is 89.0 cm³/mol. The molecule has 0 aromatic rings. The monoisotopic (exact) mass is 308 g/mol. The number of piperidine rings is 1.